The van der Waals surface area contributed by atoms with Gasteiger partial charge in [-0.05, 0) is 0 Å². The second-order valence-corrected chi connectivity index (χ2v) is 4.46. The summed E-state index contributed by atoms with van der Waals surface area (Å²) >= 11 is 0. The maximum Gasteiger partial charge on any atom is 0.0699 e. The van der Waals surface area contributed by atoms with Crippen molar-refractivity contribution < 1.29 is 0 Å². The Bertz CT molecular complexity index is 101. The average molecular weight is 194 g/mol. The van der Waals surface area contributed by atoms with Gasteiger partial charge in [0.1, 0.15) is 0 Å². The van der Waals surface area contributed by atoms with Gasteiger partial charge in [-0.3, -0.25) is 0 Å². The maximum absolute atomic E-state index is 6.00. The molecule has 0 aliphatic rings. The molecule has 0 amide bonds. The van der Waals surface area contributed by atoms with Crippen molar-refractivity contribution in [1.82, 2.24) is 0 Å². The molecule has 1 atom stereocenters. The van der Waals surface area contributed by atoms with E-state index in [4.69, 9.17) is 7.85 Å². The SMILES string of the molecule is [B]C(CCCC)CCCCCCCC. The summed E-state index contributed by atoms with van der Waals surface area (Å²) < 4.78 is 0. The van der Waals surface area contributed by atoms with Crippen LogP contribution in [0.1, 0.15) is 78.1 Å². The lowest BCUT2D eigenvalue weighted by atomic mass is 9.79. The van der Waals surface area contributed by atoms with Crippen LogP contribution in [-0.4, -0.2) is 7.85 Å². The van der Waals surface area contributed by atoms with E-state index >= 15 is 0 Å². The first-order valence-electron chi connectivity index (χ1n) is 6.56. The van der Waals surface area contributed by atoms with Gasteiger partial charge in [-0.15, -0.1) is 0 Å². The summed E-state index contributed by atoms with van der Waals surface area (Å²) in [5.41, 5.74) is 0. The van der Waals surface area contributed by atoms with Crippen LogP contribution in [0.4, 0.5) is 0 Å². The maximum atomic E-state index is 6.00. The summed E-state index contributed by atoms with van der Waals surface area (Å²) in [5.74, 6) is 0.473. The van der Waals surface area contributed by atoms with Gasteiger partial charge in [0.2, 0.25) is 0 Å². The Morgan fingerprint density at radius 2 is 1.21 bits per heavy atom. The highest BCUT2D eigenvalue weighted by Crippen LogP contribution is 2.19. The van der Waals surface area contributed by atoms with E-state index in [0.717, 1.165) is 0 Å². The molecule has 0 aromatic rings. The summed E-state index contributed by atoms with van der Waals surface area (Å²) in [6.07, 6.45) is 13.4. The van der Waals surface area contributed by atoms with Crippen LogP contribution >= 0.6 is 0 Å². The zero-order chi connectivity index (χ0) is 10.6. The predicted molar refractivity (Wildman–Crippen MR) is 67.0 cm³/mol. The number of unbranched alkanes of at least 4 members (excludes halogenated alkanes) is 6. The van der Waals surface area contributed by atoms with Crippen molar-refractivity contribution in [2.24, 2.45) is 0 Å². The molecular formula is C13H27B. The van der Waals surface area contributed by atoms with E-state index in [0.29, 0.717) is 5.82 Å². The Kier molecular flexibility index (Phi) is 11.2. The van der Waals surface area contributed by atoms with Crippen LogP contribution in [-0.2, 0) is 0 Å². The van der Waals surface area contributed by atoms with Gasteiger partial charge in [0.05, 0.1) is 7.85 Å². The summed E-state index contributed by atoms with van der Waals surface area (Å²) in [7, 11) is 6.00. The van der Waals surface area contributed by atoms with E-state index < -0.39 is 0 Å². The molecule has 0 spiro atoms. The Hall–Kier alpha value is 0.0649. The third-order valence-electron chi connectivity index (χ3n) is 2.86. The Labute approximate surface area is 92.3 Å². The molecule has 1 unspecified atom stereocenters. The number of hydrogen-bond acceptors (Lipinski definition) is 0. The lowest BCUT2D eigenvalue weighted by Crippen LogP contribution is -1.92. The molecule has 0 rings (SSSR count). The van der Waals surface area contributed by atoms with Crippen LogP contribution in [0, 0.1) is 0 Å². The first-order chi connectivity index (χ1) is 6.81. The Morgan fingerprint density at radius 1 is 0.714 bits per heavy atom. The molecule has 0 aliphatic carbocycles. The van der Waals surface area contributed by atoms with E-state index in [1.165, 1.54) is 64.2 Å². The fourth-order valence-electron chi connectivity index (χ4n) is 1.80. The summed E-state index contributed by atoms with van der Waals surface area (Å²) in [4.78, 5) is 0. The normalized spacial score (nSPS) is 13.0. The van der Waals surface area contributed by atoms with Crippen LogP contribution in [0.2, 0.25) is 5.82 Å². The molecule has 0 fully saturated rings. The molecule has 0 aromatic heterocycles. The monoisotopic (exact) mass is 194 g/mol. The first kappa shape index (κ1) is 14.1. The Balaban J connectivity index is 3.02. The summed E-state index contributed by atoms with van der Waals surface area (Å²) in [6.45, 7) is 4.50. The van der Waals surface area contributed by atoms with Gasteiger partial charge in [-0.2, -0.15) is 0 Å². The minimum Gasteiger partial charge on any atom is -0.0774 e. The third-order valence-corrected chi connectivity index (χ3v) is 2.86. The van der Waals surface area contributed by atoms with Crippen LogP contribution in [0.25, 0.3) is 0 Å². The zero-order valence-electron chi connectivity index (χ0n) is 10.2. The minimum atomic E-state index is 0.473. The van der Waals surface area contributed by atoms with Crippen LogP contribution < -0.4 is 0 Å². The van der Waals surface area contributed by atoms with Gasteiger partial charge >= 0.3 is 0 Å². The zero-order valence-corrected chi connectivity index (χ0v) is 10.2. The van der Waals surface area contributed by atoms with Crippen molar-refractivity contribution in [2.45, 2.75) is 83.9 Å². The van der Waals surface area contributed by atoms with Gasteiger partial charge in [0.25, 0.3) is 0 Å². The molecule has 0 nitrogen and oxygen atoms in total. The molecule has 0 saturated heterocycles. The van der Waals surface area contributed by atoms with Gasteiger partial charge in [-0.1, -0.05) is 83.9 Å². The van der Waals surface area contributed by atoms with Gasteiger partial charge in [0, 0.05) is 0 Å². The number of rotatable bonds is 10. The quantitative estimate of drug-likeness (QED) is 0.343. The molecule has 1 heteroatoms. The van der Waals surface area contributed by atoms with Crippen molar-refractivity contribution in [3.8, 4) is 0 Å². The molecule has 2 radical (unpaired) electrons. The molecule has 82 valence electrons. The fraction of sp³-hybridized carbons (Fsp3) is 1.00. The van der Waals surface area contributed by atoms with Crippen LogP contribution in [0.15, 0.2) is 0 Å². The second-order valence-electron chi connectivity index (χ2n) is 4.46. The molecule has 0 aliphatic heterocycles. The topological polar surface area (TPSA) is 0 Å². The smallest absolute Gasteiger partial charge is 0.0699 e. The highest BCUT2D eigenvalue weighted by atomic mass is 14.0. The summed E-state index contributed by atoms with van der Waals surface area (Å²) in [6, 6.07) is 0. The summed E-state index contributed by atoms with van der Waals surface area (Å²) in [5, 5.41) is 0. The van der Waals surface area contributed by atoms with E-state index in [1.807, 2.05) is 0 Å². The molecule has 0 N–H and O–H groups in total. The van der Waals surface area contributed by atoms with E-state index in [9.17, 15) is 0 Å². The largest absolute Gasteiger partial charge is 0.0774 e. The standard InChI is InChI=1S/C13H27B/c1-3-5-7-8-9-10-12-13(14)11-6-4-2/h13H,3-12H2,1-2H3. The lowest BCUT2D eigenvalue weighted by molar-refractivity contribution is 0.554. The van der Waals surface area contributed by atoms with Gasteiger partial charge in [0.15, 0.2) is 0 Å². The molecule has 0 aromatic carbocycles. The van der Waals surface area contributed by atoms with Gasteiger partial charge < -0.3 is 0 Å². The lowest BCUT2D eigenvalue weighted by Gasteiger charge is -2.10. The molecular weight excluding hydrogens is 167 g/mol. The van der Waals surface area contributed by atoms with Crippen molar-refractivity contribution in [2.75, 3.05) is 0 Å². The highest BCUT2D eigenvalue weighted by molar-refractivity contribution is 6.11. The molecule has 0 heterocycles. The third kappa shape index (κ3) is 10.1. The first-order valence-corrected chi connectivity index (χ1v) is 6.56. The molecule has 0 bridgehead atoms. The van der Waals surface area contributed by atoms with Gasteiger partial charge in [-0.25, -0.2) is 0 Å². The minimum absolute atomic E-state index is 0.473. The molecule has 0 saturated carbocycles. The average Bonchev–Trinajstić information content (AvgIpc) is 2.20. The highest BCUT2D eigenvalue weighted by Gasteiger charge is 2.00. The second kappa shape index (κ2) is 11.1. The van der Waals surface area contributed by atoms with Crippen molar-refractivity contribution in [3.63, 3.8) is 0 Å². The van der Waals surface area contributed by atoms with E-state index in [-0.39, 0.29) is 0 Å². The number of hydrogen-bond donors (Lipinski definition) is 0. The molecule has 14 heavy (non-hydrogen) atoms. The van der Waals surface area contributed by atoms with E-state index in [2.05, 4.69) is 13.8 Å². The predicted octanol–water partition coefficient (Wildman–Crippen LogP) is 4.88. The van der Waals surface area contributed by atoms with Crippen LogP contribution in [0.5, 0.6) is 0 Å². The Morgan fingerprint density at radius 3 is 1.86 bits per heavy atom. The fourth-order valence-corrected chi connectivity index (χ4v) is 1.80. The van der Waals surface area contributed by atoms with Crippen molar-refractivity contribution in [3.05, 3.63) is 0 Å². The van der Waals surface area contributed by atoms with Crippen molar-refractivity contribution >= 4 is 7.85 Å². The van der Waals surface area contributed by atoms with E-state index in [1.54, 1.807) is 0 Å². The van der Waals surface area contributed by atoms with Crippen molar-refractivity contribution in [1.29, 1.82) is 0 Å². The van der Waals surface area contributed by atoms with Crippen LogP contribution in [0.3, 0.4) is 0 Å².